The summed E-state index contributed by atoms with van der Waals surface area (Å²) in [6.07, 6.45) is -0.229. The van der Waals surface area contributed by atoms with Crippen molar-refractivity contribution in [1.29, 1.82) is 0 Å². The largest absolute Gasteiger partial charge is 0.433 e. The van der Waals surface area contributed by atoms with Crippen LogP contribution in [0.25, 0.3) is 11.4 Å². The Balaban J connectivity index is 1.56. The predicted octanol–water partition coefficient (Wildman–Crippen LogP) is 3.39. The lowest BCUT2D eigenvalue weighted by Crippen LogP contribution is -2.34. The molecular formula is C19H20F3N7O. The number of hydrogen-bond acceptors (Lipinski definition) is 8. The molecule has 0 N–H and O–H groups in total. The molecule has 11 heteroatoms. The Morgan fingerprint density at radius 1 is 1.07 bits per heavy atom. The van der Waals surface area contributed by atoms with Gasteiger partial charge in [0.25, 0.3) is 5.95 Å². The van der Waals surface area contributed by atoms with Crippen LogP contribution in [-0.2, 0) is 6.18 Å². The summed E-state index contributed by atoms with van der Waals surface area (Å²) in [6, 6.07) is 4.18. The molecule has 0 aromatic carbocycles. The van der Waals surface area contributed by atoms with E-state index in [1.165, 1.54) is 12.4 Å². The van der Waals surface area contributed by atoms with E-state index in [1.54, 1.807) is 17.0 Å². The lowest BCUT2D eigenvalue weighted by molar-refractivity contribution is -0.141. The Bertz CT molecular complexity index is 999. The third kappa shape index (κ3) is 4.19. The Kier molecular flexibility index (Phi) is 5.27. The third-order valence-electron chi connectivity index (χ3n) is 4.94. The zero-order chi connectivity index (χ0) is 21.3. The molecule has 0 saturated carbocycles. The fraction of sp³-hybridized carbons (Fsp3) is 0.421. The summed E-state index contributed by atoms with van der Waals surface area (Å²) in [5.41, 5.74) is -0.483. The van der Waals surface area contributed by atoms with Crippen molar-refractivity contribution in [3.63, 3.8) is 0 Å². The third-order valence-corrected chi connectivity index (χ3v) is 4.94. The molecule has 1 aliphatic heterocycles. The van der Waals surface area contributed by atoms with Gasteiger partial charge in [-0.3, -0.25) is 4.98 Å². The molecule has 4 heterocycles. The van der Waals surface area contributed by atoms with E-state index in [-0.39, 0.29) is 17.6 Å². The van der Waals surface area contributed by atoms with Crippen molar-refractivity contribution in [2.24, 2.45) is 0 Å². The Hall–Kier alpha value is -3.24. The highest BCUT2D eigenvalue weighted by atomic mass is 19.4. The van der Waals surface area contributed by atoms with Crippen molar-refractivity contribution in [1.82, 2.24) is 25.1 Å². The van der Waals surface area contributed by atoms with E-state index in [9.17, 15) is 13.2 Å². The second-order valence-corrected chi connectivity index (χ2v) is 7.26. The molecule has 3 aromatic rings. The lowest BCUT2D eigenvalue weighted by Gasteiger charge is -2.31. The van der Waals surface area contributed by atoms with Crippen LogP contribution in [-0.4, -0.2) is 52.3 Å². The van der Waals surface area contributed by atoms with Gasteiger partial charge in [0.15, 0.2) is 11.5 Å². The minimum atomic E-state index is -4.57. The molecule has 0 atom stereocenters. The SMILES string of the molecule is CN(C)c1noc(C2CCN(c3cc(C(F)(F)F)nc(-c4ccncc4)n3)CC2)n1. The smallest absolute Gasteiger partial charge is 0.356 e. The molecule has 0 amide bonds. The maximum absolute atomic E-state index is 13.4. The van der Waals surface area contributed by atoms with Gasteiger partial charge in [0.1, 0.15) is 5.82 Å². The zero-order valence-electron chi connectivity index (χ0n) is 16.5. The molecule has 1 fully saturated rings. The highest BCUT2D eigenvalue weighted by molar-refractivity contribution is 5.57. The number of pyridine rings is 1. The van der Waals surface area contributed by atoms with Gasteiger partial charge >= 0.3 is 6.18 Å². The fourth-order valence-corrected chi connectivity index (χ4v) is 3.30. The second-order valence-electron chi connectivity index (χ2n) is 7.26. The van der Waals surface area contributed by atoms with Crippen molar-refractivity contribution < 1.29 is 17.7 Å². The average molecular weight is 419 g/mol. The van der Waals surface area contributed by atoms with Crippen LogP contribution in [0.4, 0.5) is 24.9 Å². The Morgan fingerprint density at radius 3 is 2.37 bits per heavy atom. The maximum Gasteiger partial charge on any atom is 0.433 e. The van der Waals surface area contributed by atoms with Crippen molar-refractivity contribution in [3.8, 4) is 11.4 Å². The minimum absolute atomic E-state index is 0.0249. The number of nitrogens with zero attached hydrogens (tertiary/aromatic N) is 7. The molecule has 0 spiro atoms. The van der Waals surface area contributed by atoms with E-state index in [0.717, 1.165) is 6.07 Å². The fourth-order valence-electron chi connectivity index (χ4n) is 3.30. The highest BCUT2D eigenvalue weighted by Crippen LogP contribution is 2.34. The molecule has 1 aliphatic rings. The standard InChI is InChI=1S/C19H20F3N7O/c1-28(2)18-26-17(30-27-18)13-5-9-29(10-6-13)15-11-14(19(20,21)22)24-16(25-15)12-3-7-23-8-4-12/h3-4,7-8,11,13H,5-6,9-10H2,1-2H3. The van der Waals surface area contributed by atoms with Crippen LogP contribution in [0.1, 0.15) is 30.3 Å². The molecule has 0 bridgehead atoms. The molecule has 1 saturated heterocycles. The van der Waals surface area contributed by atoms with Gasteiger partial charge in [-0.25, -0.2) is 9.97 Å². The number of halogens is 3. The molecule has 158 valence electrons. The summed E-state index contributed by atoms with van der Waals surface area (Å²) in [6.45, 7) is 1.04. The van der Waals surface area contributed by atoms with E-state index in [0.29, 0.717) is 43.3 Å². The molecular weight excluding hydrogens is 399 g/mol. The molecule has 30 heavy (non-hydrogen) atoms. The zero-order valence-corrected chi connectivity index (χ0v) is 16.5. The van der Waals surface area contributed by atoms with Crippen LogP contribution in [0.3, 0.4) is 0 Å². The van der Waals surface area contributed by atoms with Gasteiger partial charge in [0, 0.05) is 57.1 Å². The number of hydrogen-bond donors (Lipinski definition) is 0. The number of rotatable bonds is 4. The Morgan fingerprint density at radius 2 is 1.77 bits per heavy atom. The van der Waals surface area contributed by atoms with Crippen molar-refractivity contribution >= 4 is 11.8 Å². The first-order valence-corrected chi connectivity index (χ1v) is 9.44. The number of anilines is 2. The topological polar surface area (TPSA) is 84.1 Å². The first-order valence-electron chi connectivity index (χ1n) is 9.44. The summed E-state index contributed by atoms with van der Waals surface area (Å²) in [4.78, 5) is 20.0. The molecule has 8 nitrogen and oxygen atoms in total. The van der Waals surface area contributed by atoms with Crippen molar-refractivity contribution in [2.75, 3.05) is 37.0 Å². The van der Waals surface area contributed by atoms with Gasteiger partial charge in [-0.15, -0.1) is 0 Å². The van der Waals surface area contributed by atoms with Gasteiger partial charge in [-0.05, 0) is 30.1 Å². The van der Waals surface area contributed by atoms with Crippen LogP contribution in [0.2, 0.25) is 0 Å². The van der Waals surface area contributed by atoms with Crippen LogP contribution >= 0.6 is 0 Å². The monoisotopic (exact) mass is 419 g/mol. The van der Waals surface area contributed by atoms with Crippen LogP contribution in [0.15, 0.2) is 35.1 Å². The van der Waals surface area contributed by atoms with Crippen molar-refractivity contribution in [3.05, 3.63) is 42.2 Å². The van der Waals surface area contributed by atoms with Crippen LogP contribution in [0, 0.1) is 0 Å². The van der Waals surface area contributed by atoms with Crippen molar-refractivity contribution in [2.45, 2.75) is 24.9 Å². The summed E-state index contributed by atoms with van der Waals surface area (Å²) in [5.74, 6) is 1.39. The lowest BCUT2D eigenvalue weighted by atomic mass is 9.97. The first-order chi connectivity index (χ1) is 14.3. The summed E-state index contributed by atoms with van der Waals surface area (Å²) < 4.78 is 45.6. The number of aromatic nitrogens is 5. The van der Waals surface area contributed by atoms with Gasteiger partial charge < -0.3 is 14.3 Å². The van der Waals surface area contributed by atoms with Gasteiger partial charge in [-0.1, -0.05) is 0 Å². The second kappa shape index (κ2) is 7.88. The van der Waals surface area contributed by atoms with Gasteiger partial charge in [0.2, 0.25) is 5.89 Å². The van der Waals surface area contributed by atoms with E-state index in [2.05, 4.69) is 25.1 Å². The maximum atomic E-state index is 13.4. The summed E-state index contributed by atoms with van der Waals surface area (Å²) in [7, 11) is 3.65. The number of piperidine rings is 1. The summed E-state index contributed by atoms with van der Waals surface area (Å²) in [5, 5.41) is 3.93. The van der Waals surface area contributed by atoms with Gasteiger partial charge in [-0.2, -0.15) is 18.2 Å². The van der Waals surface area contributed by atoms with E-state index in [4.69, 9.17) is 4.52 Å². The van der Waals surface area contributed by atoms with Crippen LogP contribution < -0.4 is 9.80 Å². The molecule has 3 aromatic heterocycles. The normalized spacial score (nSPS) is 15.4. The van der Waals surface area contributed by atoms with E-state index >= 15 is 0 Å². The van der Waals surface area contributed by atoms with E-state index in [1.807, 2.05) is 19.0 Å². The van der Waals surface area contributed by atoms with Crippen LogP contribution in [0.5, 0.6) is 0 Å². The van der Waals surface area contributed by atoms with E-state index < -0.39 is 11.9 Å². The summed E-state index contributed by atoms with van der Waals surface area (Å²) >= 11 is 0. The highest BCUT2D eigenvalue weighted by Gasteiger charge is 2.35. The molecule has 4 rings (SSSR count). The average Bonchev–Trinajstić information content (AvgIpc) is 3.24. The Labute approximate surface area is 170 Å². The molecule has 0 unspecified atom stereocenters. The number of alkyl halides is 3. The minimum Gasteiger partial charge on any atom is -0.356 e. The molecule has 0 radical (unpaired) electrons. The first kappa shape index (κ1) is 20.0. The van der Waals surface area contributed by atoms with Gasteiger partial charge in [0.05, 0.1) is 0 Å². The molecule has 0 aliphatic carbocycles. The quantitative estimate of drug-likeness (QED) is 0.636. The predicted molar refractivity (Wildman–Crippen MR) is 103 cm³/mol.